The summed E-state index contributed by atoms with van der Waals surface area (Å²) in [6.07, 6.45) is 8.66. The second-order valence-corrected chi connectivity index (χ2v) is 6.31. The van der Waals surface area contributed by atoms with Gasteiger partial charge in [-0.05, 0) is 49.1 Å². The van der Waals surface area contributed by atoms with E-state index in [-0.39, 0.29) is 0 Å². The van der Waals surface area contributed by atoms with Crippen molar-refractivity contribution in [3.8, 4) is 0 Å². The van der Waals surface area contributed by atoms with Crippen LogP contribution in [-0.4, -0.2) is 13.6 Å². The minimum Gasteiger partial charge on any atom is -0.319 e. The van der Waals surface area contributed by atoms with Gasteiger partial charge < -0.3 is 5.32 Å². The van der Waals surface area contributed by atoms with E-state index in [1.807, 2.05) is 0 Å². The van der Waals surface area contributed by atoms with Crippen LogP contribution in [0.25, 0.3) is 0 Å². The summed E-state index contributed by atoms with van der Waals surface area (Å²) in [7, 11) is 2.12. The summed E-state index contributed by atoms with van der Waals surface area (Å²) in [6.45, 7) is 1.22. The van der Waals surface area contributed by atoms with Crippen LogP contribution < -0.4 is 5.32 Å². The zero-order valence-corrected chi connectivity index (χ0v) is 11.5. The molecule has 2 unspecified atom stereocenters. The summed E-state index contributed by atoms with van der Waals surface area (Å²) in [5.41, 5.74) is 2.18. The molecule has 0 saturated heterocycles. The Bertz CT molecular complexity index is 372. The van der Waals surface area contributed by atoms with Gasteiger partial charge in [-0.3, -0.25) is 0 Å². The molecule has 0 amide bonds. The molecule has 1 heteroatoms. The van der Waals surface area contributed by atoms with E-state index in [2.05, 4.69) is 42.7 Å². The van der Waals surface area contributed by atoms with Crippen molar-refractivity contribution in [2.75, 3.05) is 13.6 Å². The number of rotatable bonds is 4. The topological polar surface area (TPSA) is 12.0 Å². The maximum Gasteiger partial charge on any atom is 0.000768 e. The molecule has 2 saturated carbocycles. The molecule has 0 bridgehead atoms. The molecule has 2 aliphatic carbocycles. The van der Waals surface area contributed by atoms with Crippen LogP contribution in [0.4, 0.5) is 0 Å². The molecule has 1 aromatic rings. The molecule has 98 valence electrons. The highest BCUT2D eigenvalue weighted by atomic mass is 14.8. The Hall–Kier alpha value is -0.820. The molecule has 18 heavy (non-hydrogen) atoms. The molecule has 0 spiro atoms. The van der Waals surface area contributed by atoms with Gasteiger partial charge >= 0.3 is 0 Å². The second kappa shape index (κ2) is 5.05. The lowest BCUT2D eigenvalue weighted by molar-refractivity contribution is 0.149. The molecule has 0 radical (unpaired) electrons. The molecular weight excluding hydrogens is 218 g/mol. The first-order valence-corrected chi connectivity index (χ1v) is 7.55. The Kier molecular flexibility index (Phi) is 3.43. The standard InChI is InChI=1S/C17H25N/c1-18-13-17(10-6-3-7-11-17)16-12-15(16)14-8-4-2-5-9-14/h2,4-5,8-9,15-16,18H,3,6-7,10-13H2,1H3. The fourth-order valence-corrected chi connectivity index (χ4v) is 4.23. The van der Waals surface area contributed by atoms with E-state index in [0.29, 0.717) is 5.41 Å². The van der Waals surface area contributed by atoms with Gasteiger partial charge in [-0.25, -0.2) is 0 Å². The van der Waals surface area contributed by atoms with E-state index >= 15 is 0 Å². The fourth-order valence-electron chi connectivity index (χ4n) is 4.23. The van der Waals surface area contributed by atoms with Gasteiger partial charge in [-0.15, -0.1) is 0 Å². The zero-order valence-electron chi connectivity index (χ0n) is 11.5. The van der Waals surface area contributed by atoms with Gasteiger partial charge in [-0.2, -0.15) is 0 Å². The second-order valence-electron chi connectivity index (χ2n) is 6.31. The zero-order chi connectivity index (χ0) is 12.4. The SMILES string of the molecule is CNCC1(C2CC2c2ccccc2)CCCCC1. The van der Waals surface area contributed by atoms with Gasteiger partial charge in [0.2, 0.25) is 0 Å². The van der Waals surface area contributed by atoms with E-state index < -0.39 is 0 Å². The lowest BCUT2D eigenvalue weighted by Crippen LogP contribution is -2.37. The van der Waals surface area contributed by atoms with Gasteiger partial charge in [0.25, 0.3) is 0 Å². The average Bonchev–Trinajstić information content (AvgIpc) is 3.22. The first-order valence-electron chi connectivity index (χ1n) is 7.55. The highest BCUT2D eigenvalue weighted by Crippen LogP contribution is 2.61. The first-order chi connectivity index (χ1) is 8.86. The van der Waals surface area contributed by atoms with Crippen molar-refractivity contribution in [1.29, 1.82) is 0 Å². The third-order valence-corrected chi connectivity index (χ3v) is 5.18. The van der Waals surface area contributed by atoms with E-state index in [9.17, 15) is 0 Å². The smallest absolute Gasteiger partial charge is 0.000768 e. The number of nitrogens with one attached hydrogen (secondary N) is 1. The van der Waals surface area contributed by atoms with Crippen LogP contribution in [0.2, 0.25) is 0 Å². The summed E-state index contributed by atoms with van der Waals surface area (Å²) in [6, 6.07) is 11.2. The summed E-state index contributed by atoms with van der Waals surface area (Å²) in [5.74, 6) is 1.78. The van der Waals surface area contributed by atoms with Crippen LogP contribution in [0.1, 0.15) is 50.0 Å². The molecule has 0 heterocycles. The average molecular weight is 243 g/mol. The summed E-state index contributed by atoms with van der Waals surface area (Å²) < 4.78 is 0. The van der Waals surface area contributed by atoms with Crippen molar-refractivity contribution < 1.29 is 0 Å². The molecule has 3 rings (SSSR count). The quantitative estimate of drug-likeness (QED) is 0.844. The van der Waals surface area contributed by atoms with Gasteiger partial charge in [0.05, 0.1) is 0 Å². The Labute approximate surface area is 111 Å². The molecule has 2 aliphatic rings. The van der Waals surface area contributed by atoms with Crippen molar-refractivity contribution in [2.45, 2.75) is 44.4 Å². The Balaban J connectivity index is 1.74. The number of hydrogen-bond acceptors (Lipinski definition) is 1. The molecule has 1 aromatic carbocycles. The fraction of sp³-hybridized carbons (Fsp3) is 0.647. The first kappa shape index (κ1) is 12.2. The van der Waals surface area contributed by atoms with Crippen molar-refractivity contribution in [3.05, 3.63) is 35.9 Å². The summed E-state index contributed by atoms with van der Waals surface area (Å²) >= 11 is 0. The third kappa shape index (κ3) is 2.21. The van der Waals surface area contributed by atoms with Crippen LogP contribution in [-0.2, 0) is 0 Å². The molecule has 2 fully saturated rings. The molecule has 1 N–H and O–H groups in total. The van der Waals surface area contributed by atoms with Crippen LogP contribution in [0.15, 0.2) is 30.3 Å². The van der Waals surface area contributed by atoms with Crippen LogP contribution >= 0.6 is 0 Å². The highest BCUT2D eigenvalue weighted by molar-refractivity contribution is 5.27. The van der Waals surface area contributed by atoms with Gasteiger partial charge in [-0.1, -0.05) is 49.6 Å². The van der Waals surface area contributed by atoms with Crippen molar-refractivity contribution in [1.82, 2.24) is 5.32 Å². The summed E-state index contributed by atoms with van der Waals surface area (Å²) in [4.78, 5) is 0. The monoisotopic (exact) mass is 243 g/mol. The molecular formula is C17H25N. The molecule has 0 aromatic heterocycles. The van der Waals surface area contributed by atoms with Gasteiger partial charge in [0.15, 0.2) is 0 Å². The highest BCUT2D eigenvalue weighted by Gasteiger charge is 2.52. The molecule has 1 nitrogen and oxygen atoms in total. The Morgan fingerprint density at radius 3 is 2.50 bits per heavy atom. The number of hydrogen-bond donors (Lipinski definition) is 1. The van der Waals surface area contributed by atoms with Crippen molar-refractivity contribution >= 4 is 0 Å². The van der Waals surface area contributed by atoms with Crippen LogP contribution in [0.5, 0.6) is 0 Å². The minimum absolute atomic E-state index is 0.605. The predicted molar refractivity (Wildman–Crippen MR) is 76.7 cm³/mol. The van der Waals surface area contributed by atoms with E-state index in [0.717, 1.165) is 11.8 Å². The normalized spacial score (nSPS) is 30.1. The van der Waals surface area contributed by atoms with Gasteiger partial charge in [0, 0.05) is 6.54 Å². The van der Waals surface area contributed by atoms with Crippen molar-refractivity contribution in [3.63, 3.8) is 0 Å². The Morgan fingerprint density at radius 1 is 1.11 bits per heavy atom. The van der Waals surface area contributed by atoms with E-state index in [1.165, 1.54) is 45.1 Å². The van der Waals surface area contributed by atoms with Crippen molar-refractivity contribution in [2.24, 2.45) is 11.3 Å². The molecule has 2 atom stereocenters. The van der Waals surface area contributed by atoms with E-state index in [4.69, 9.17) is 0 Å². The maximum absolute atomic E-state index is 3.47. The maximum atomic E-state index is 3.47. The largest absolute Gasteiger partial charge is 0.319 e. The van der Waals surface area contributed by atoms with Crippen LogP contribution in [0.3, 0.4) is 0 Å². The minimum atomic E-state index is 0.605. The molecule has 0 aliphatic heterocycles. The van der Waals surface area contributed by atoms with E-state index in [1.54, 1.807) is 5.56 Å². The number of benzene rings is 1. The lowest BCUT2D eigenvalue weighted by Gasteiger charge is -2.38. The van der Waals surface area contributed by atoms with Crippen LogP contribution in [0, 0.1) is 11.3 Å². The lowest BCUT2D eigenvalue weighted by atomic mass is 9.69. The predicted octanol–water partition coefficient (Wildman–Crippen LogP) is 3.96. The van der Waals surface area contributed by atoms with Gasteiger partial charge in [0.1, 0.15) is 0 Å². The Morgan fingerprint density at radius 2 is 1.83 bits per heavy atom. The third-order valence-electron chi connectivity index (χ3n) is 5.18. The summed E-state index contributed by atoms with van der Waals surface area (Å²) in [5, 5.41) is 3.47.